The highest BCUT2D eigenvalue weighted by Gasteiger charge is 2.31. The van der Waals surface area contributed by atoms with Gasteiger partial charge in [-0.2, -0.15) is 13.1 Å². The van der Waals surface area contributed by atoms with E-state index in [1.165, 1.54) is 34.9 Å². The fourth-order valence-electron chi connectivity index (χ4n) is 3.09. The lowest BCUT2D eigenvalue weighted by Crippen LogP contribution is -2.45. The molecule has 10 heteroatoms. The number of nitrogens with zero attached hydrogens (tertiary/aromatic N) is 4. The van der Waals surface area contributed by atoms with E-state index in [1.54, 1.807) is 6.20 Å². The van der Waals surface area contributed by atoms with Crippen LogP contribution in [0, 0.1) is 0 Å². The summed E-state index contributed by atoms with van der Waals surface area (Å²) in [6.45, 7) is -2.20. The monoisotopic (exact) mass is 398 g/mol. The van der Waals surface area contributed by atoms with E-state index >= 15 is 0 Å². The van der Waals surface area contributed by atoms with Crippen LogP contribution in [0.25, 0.3) is 0 Å². The van der Waals surface area contributed by atoms with Crippen molar-refractivity contribution < 1.29 is 21.9 Å². The molecule has 0 N–H and O–H groups in total. The van der Waals surface area contributed by atoms with Crippen molar-refractivity contribution in [2.45, 2.75) is 30.4 Å². The van der Waals surface area contributed by atoms with Crippen LogP contribution in [0.2, 0.25) is 0 Å². The molecule has 0 bridgehead atoms. The first-order valence-electron chi connectivity index (χ1n) is 8.42. The molecule has 27 heavy (non-hydrogen) atoms. The third-order valence-electron chi connectivity index (χ3n) is 4.59. The molecule has 1 fully saturated rings. The molecule has 1 aromatic heterocycles. The van der Waals surface area contributed by atoms with Gasteiger partial charge in [0.15, 0.2) is 0 Å². The number of sulfonamides is 1. The molecule has 0 aliphatic carbocycles. The Balaban J connectivity index is 1.64. The SMILES string of the molecule is CN(c1ccncn1)C1CCN(S(=O)(=O)c2ccc(OC(F)F)cc2)CC1. The van der Waals surface area contributed by atoms with Gasteiger partial charge in [-0.05, 0) is 43.2 Å². The molecule has 1 aliphatic heterocycles. The lowest BCUT2D eigenvalue weighted by molar-refractivity contribution is -0.0498. The predicted molar refractivity (Wildman–Crippen MR) is 95.3 cm³/mol. The van der Waals surface area contributed by atoms with E-state index < -0.39 is 16.6 Å². The molecule has 0 saturated carbocycles. The summed E-state index contributed by atoms with van der Waals surface area (Å²) in [4.78, 5) is 10.2. The van der Waals surface area contributed by atoms with Gasteiger partial charge in [0, 0.05) is 32.4 Å². The number of piperidine rings is 1. The van der Waals surface area contributed by atoms with Gasteiger partial charge in [-0.25, -0.2) is 18.4 Å². The summed E-state index contributed by atoms with van der Waals surface area (Å²) < 4.78 is 55.6. The molecule has 0 spiro atoms. The summed E-state index contributed by atoms with van der Waals surface area (Å²) in [6.07, 6.45) is 4.46. The molecule has 0 unspecified atom stereocenters. The molecule has 0 amide bonds. The fourth-order valence-corrected chi connectivity index (χ4v) is 4.56. The van der Waals surface area contributed by atoms with Crippen molar-refractivity contribution in [3.8, 4) is 5.75 Å². The Morgan fingerprint density at radius 3 is 2.41 bits per heavy atom. The highest BCUT2D eigenvalue weighted by Crippen LogP contribution is 2.26. The summed E-state index contributed by atoms with van der Waals surface area (Å²) in [5.41, 5.74) is 0. The maximum absolute atomic E-state index is 12.8. The van der Waals surface area contributed by atoms with Crippen molar-refractivity contribution in [3.05, 3.63) is 42.9 Å². The van der Waals surface area contributed by atoms with Crippen molar-refractivity contribution in [3.63, 3.8) is 0 Å². The molecule has 2 heterocycles. The Bertz CT molecular complexity index is 842. The second-order valence-electron chi connectivity index (χ2n) is 6.16. The van der Waals surface area contributed by atoms with Gasteiger partial charge in [0.2, 0.25) is 10.0 Å². The smallest absolute Gasteiger partial charge is 0.387 e. The number of anilines is 1. The van der Waals surface area contributed by atoms with Crippen LogP contribution >= 0.6 is 0 Å². The lowest BCUT2D eigenvalue weighted by Gasteiger charge is -2.36. The van der Waals surface area contributed by atoms with Crippen LogP contribution < -0.4 is 9.64 Å². The Kier molecular flexibility index (Phi) is 5.85. The van der Waals surface area contributed by atoms with E-state index in [2.05, 4.69) is 14.7 Å². The van der Waals surface area contributed by atoms with Gasteiger partial charge >= 0.3 is 6.61 Å². The van der Waals surface area contributed by atoms with Gasteiger partial charge in [-0.1, -0.05) is 0 Å². The van der Waals surface area contributed by atoms with Gasteiger partial charge in [-0.15, -0.1) is 0 Å². The standard InChI is InChI=1S/C17H20F2N4O3S/c1-22(16-6-9-20-12-21-16)13-7-10-23(11-8-13)27(24,25)15-4-2-14(3-5-15)26-17(18)19/h2-6,9,12-13,17H,7-8,10-11H2,1H3. The predicted octanol–water partition coefficient (Wildman–Crippen LogP) is 2.37. The van der Waals surface area contributed by atoms with E-state index in [1.807, 2.05) is 18.0 Å². The van der Waals surface area contributed by atoms with Crippen LogP contribution in [-0.2, 0) is 10.0 Å². The number of hydrogen-bond acceptors (Lipinski definition) is 6. The number of hydrogen-bond donors (Lipinski definition) is 0. The topological polar surface area (TPSA) is 75.6 Å². The Morgan fingerprint density at radius 1 is 1.19 bits per heavy atom. The van der Waals surface area contributed by atoms with Crippen molar-refractivity contribution in [2.75, 3.05) is 25.0 Å². The van der Waals surface area contributed by atoms with Crippen molar-refractivity contribution in [1.29, 1.82) is 0 Å². The minimum atomic E-state index is -3.67. The second kappa shape index (κ2) is 8.13. The maximum atomic E-state index is 12.8. The minimum absolute atomic E-state index is 0.0618. The van der Waals surface area contributed by atoms with E-state index in [0.29, 0.717) is 25.9 Å². The summed E-state index contributed by atoms with van der Waals surface area (Å²) in [5.74, 6) is 0.718. The summed E-state index contributed by atoms with van der Waals surface area (Å²) in [7, 11) is -1.75. The summed E-state index contributed by atoms with van der Waals surface area (Å²) in [5, 5.41) is 0. The van der Waals surface area contributed by atoms with Crippen LogP contribution in [0.15, 0.2) is 47.8 Å². The Morgan fingerprint density at radius 2 is 1.85 bits per heavy atom. The molecule has 0 radical (unpaired) electrons. The van der Waals surface area contributed by atoms with E-state index in [4.69, 9.17) is 0 Å². The zero-order valence-electron chi connectivity index (χ0n) is 14.7. The molecule has 2 aromatic rings. The largest absolute Gasteiger partial charge is 0.435 e. The average Bonchev–Trinajstić information content (AvgIpc) is 2.68. The van der Waals surface area contributed by atoms with Crippen LogP contribution in [0.1, 0.15) is 12.8 Å². The normalized spacial score (nSPS) is 16.4. The van der Waals surface area contributed by atoms with Crippen LogP contribution in [-0.4, -0.2) is 55.5 Å². The van der Waals surface area contributed by atoms with Gasteiger partial charge in [0.25, 0.3) is 0 Å². The lowest BCUT2D eigenvalue weighted by atomic mass is 10.1. The molecule has 1 aromatic carbocycles. The van der Waals surface area contributed by atoms with Crippen LogP contribution in [0.5, 0.6) is 5.75 Å². The molecular weight excluding hydrogens is 378 g/mol. The average molecular weight is 398 g/mol. The number of halogens is 2. The molecule has 0 atom stereocenters. The number of rotatable bonds is 6. The minimum Gasteiger partial charge on any atom is -0.435 e. The van der Waals surface area contributed by atoms with Crippen molar-refractivity contribution >= 4 is 15.8 Å². The number of aromatic nitrogens is 2. The van der Waals surface area contributed by atoms with Crippen LogP contribution in [0.3, 0.4) is 0 Å². The highest BCUT2D eigenvalue weighted by atomic mass is 32.2. The fraction of sp³-hybridized carbons (Fsp3) is 0.412. The molecule has 146 valence electrons. The molecule has 1 saturated heterocycles. The van der Waals surface area contributed by atoms with Gasteiger partial charge in [0.05, 0.1) is 4.90 Å². The van der Waals surface area contributed by atoms with E-state index in [9.17, 15) is 17.2 Å². The van der Waals surface area contributed by atoms with Crippen molar-refractivity contribution in [2.24, 2.45) is 0 Å². The zero-order valence-corrected chi connectivity index (χ0v) is 15.5. The third-order valence-corrected chi connectivity index (χ3v) is 6.50. The zero-order chi connectivity index (χ0) is 19.4. The first-order valence-corrected chi connectivity index (χ1v) is 9.86. The van der Waals surface area contributed by atoms with Crippen molar-refractivity contribution in [1.82, 2.24) is 14.3 Å². The Hall–Kier alpha value is -2.33. The first-order chi connectivity index (χ1) is 12.9. The van der Waals surface area contributed by atoms with Gasteiger partial charge < -0.3 is 9.64 Å². The second-order valence-corrected chi connectivity index (χ2v) is 8.10. The first kappa shape index (κ1) is 19.4. The number of alkyl halides is 2. The molecule has 3 rings (SSSR count). The number of ether oxygens (including phenoxy) is 1. The maximum Gasteiger partial charge on any atom is 0.387 e. The molecule has 1 aliphatic rings. The molecular formula is C17H20F2N4O3S. The highest BCUT2D eigenvalue weighted by molar-refractivity contribution is 7.89. The van der Waals surface area contributed by atoms with Crippen LogP contribution in [0.4, 0.5) is 14.6 Å². The summed E-state index contributed by atoms with van der Waals surface area (Å²) in [6, 6.07) is 7.02. The van der Waals surface area contributed by atoms with Gasteiger partial charge in [-0.3, -0.25) is 0 Å². The quantitative estimate of drug-likeness (QED) is 0.744. The summed E-state index contributed by atoms with van der Waals surface area (Å²) >= 11 is 0. The molecule has 7 nitrogen and oxygen atoms in total. The van der Waals surface area contributed by atoms with Gasteiger partial charge in [0.1, 0.15) is 17.9 Å². The Labute approximate surface area is 156 Å². The number of benzene rings is 1. The van der Waals surface area contributed by atoms with E-state index in [-0.39, 0.29) is 16.7 Å². The third kappa shape index (κ3) is 4.51. The van der Waals surface area contributed by atoms with E-state index in [0.717, 1.165) is 5.82 Å².